The first-order chi connectivity index (χ1) is 12.7. The molecule has 0 saturated heterocycles. The Morgan fingerprint density at radius 3 is 2.58 bits per heavy atom. The van der Waals surface area contributed by atoms with Crippen LogP contribution < -0.4 is 15.8 Å². The summed E-state index contributed by atoms with van der Waals surface area (Å²) < 4.78 is 5.37. The van der Waals surface area contributed by atoms with Gasteiger partial charge in [0.15, 0.2) is 10.6 Å². The van der Waals surface area contributed by atoms with E-state index in [4.69, 9.17) is 10.5 Å². The number of nitrogens with zero attached hydrogens (tertiary/aromatic N) is 3. The zero-order chi connectivity index (χ0) is 17.9. The molecule has 0 saturated carbocycles. The molecule has 0 aliphatic heterocycles. The van der Waals surface area contributed by atoms with Gasteiger partial charge in [-0.3, -0.25) is 0 Å². The SMILES string of the molecule is COc1ccccc1CNc1nc(N)c2nc(-c3ccccc3)sc2n1. The second-order valence-electron chi connectivity index (χ2n) is 5.64. The van der Waals surface area contributed by atoms with Crippen LogP contribution in [0.2, 0.25) is 0 Å². The van der Waals surface area contributed by atoms with Crippen molar-refractivity contribution in [1.29, 1.82) is 0 Å². The molecule has 6 nitrogen and oxygen atoms in total. The number of nitrogen functional groups attached to an aromatic ring is 1. The number of anilines is 2. The second-order valence-corrected chi connectivity index (χ2v) is 6.61. The number of rotatable bonds is 5. The summed E-state index contributed by atoms with van der Waals surface area (Å²) in [5.41, 5.74) is 8.80. The fourth-order valence-electron chi connectivity index (χ4n) is 2.65. The van der Waals surface area contributed by atoms with Gasteiger partial charge in [0.25, 0.3) is 0 Å². The average Bonchev–Trinajstić information content (AvgIpc) is 3.12. The zero-order valence-corrected chi connectivity index (χ0v) is 15.0. The van der Waals surface area contributed by atoms with Crippen LogP contribution in [0.15, 0.2) is 54.6 Å². The van der Waals surface area contributed by atoms with Crippen molar-refractivity contribution in [3.05, 3.63) is 60.2 Å². The number of aromatic nitrogens is 3. The minimum Gasteiger partial charge on any atom is -0.496 e. The molecule has 2 aromatic heterocycles. The van der Waals surface area contributed by atoms with E-state index in [1.807, 2.05) is 54.6 Å². The summed E-state index contributed by atoms with van der Waals surface area (Å²) in [7, 11) is 1.65. The predicted molar refractivity (Wildman–Crippen MR) is 105 cm³/mol. The number of nitrogens with one attached hydrogen (secondary N) is 1. The van der Waals surface area contributed by atoms with E-state index in [2.05, 4.69) is 20.3 Å². The Morgan fingerprint density at radius 1 is 1.00 bits per heavy atom. The van der Waals surface area contributed by atoms with Gasteiger partial charge < -0.3 is 15.8 Å². The Hall–Kier alpha value is -3.19. The molecular weight excluding hydrogens is 346 g/mol. The lowest BCUT2D eigenvalue weighted by molar-refractivity contribution is 0.410. The fourth-order valence-corrected chi connectivity index (χ4v) is 3.60. The number of hydrogen-bond donors (Lipinski definition) is 2. The van der Waals surface area contributed by atoms with Crippen molar-refractivity contribution in [3.63, 3.8) is 0 Å². The van der Waals surface area contributed by atoms with E-state index >= 15 is 0 Å². The molecule has 0 spiro atoms. The van der Waals surface area contributed by atoms with Gasteiger partial charge in [0.2, 0.25) is 5.95 Å². The van der Waals surface area contributed by atoms with Crippen molar-refractivity contribution in [1.82, 2.24) is 15.0 Å². The van der Waals surface area contributed by atoms with E-state index in [9.17, 15) is 0 Å². The van der Waals surface area contributed by atoms with Gasteiger partial charge >= 0.3 is 0 Å². The van der Waals surface area contributed by atoms with Crippen LogP contribution in [0, 0.1) is 0 Å². The monoisotopic (exact) mass is 363 g/mol. The molecule has 0 bridgehead atoms. The molecule has 26 heavy (non-hydrogen) atoms. The van der Waals surface area contributed by atoms with E-state index in [1.54, 1.807) is 7.11 Å². The highest BCUT2D eigenvalue weighted by Crippen LogP contribution is 2.31. The molecule has 0 atom stereocenters. The van der Waals surface area contributed by atoms with Crippen LogP contribution in [0.1, 0.15) is 5.56 Å². The van der Waals surface area contributed by atoms with Crippen LogP contribution in [0.3, 0.4) is 0 Å². The summed E-state index contributed by atoms with van der Waals surface area (Å²) in [5.74, 6) is 1.67. The maximum Gasteiger partial charge on any atom is 0.226 e. The lowest BCUT2D eigenvalue weighted by Gasteiger charge is -2.09. The molecule has 0 amide bonds. The summed E-state index contributed by atoms with van der Waals surface area (Å²) in [4.78, 5) is 14.3. The summed E-state index contributed by atoms with van der Waals surface area (Å²) >= 11 is 1.50. The van der Waals surface area contributed by atoms with Crippen molar-refractivity contribution in [2.24, 2.45) is 0 Å². The normalized spacial score (nSPS) is 10.8. The van der Waals surface area contributed by atoms with Crippen LogP contribution in [-0.2, 0) is 6.54 Å². The molecule has 0 aliphatic carbocycles. The minimum atomic E-state index is 0.371. The van der Waals surface area contributed by atoms with Crippen molar-refractivity contribution in [2.75, 3.05) is 18.2 Å². The lowest BCUT2D eigenvalue weighted by atomic mass is 10.2. The Morgan fingerprint density at radius 2 is 1.77 bits per heavy atom. The van der Waals surface area contributed by atoms with Crippen LogP contribution in [-0.4, -0.2) is 22.1 Å². The van der Waals surface area contributed by atoms with Crippen LogP contribution >= 0.6 is 11.3 Å². The molecule has 0 aliphatic rings. The highest BCUT2D eigenvalue weighted by Gasteiger charge is 2.13. The van der Waals surface area contributed by atoms with Gasteiger partial charge in [-0.2, -0.15) is 4.98 Å². The maximum absolute atomic E-state index is 6.10. The first-order valence-corrected chi connectivity index (χ1v) is 8.91. The van der Waals surface area contributed by atoms with Gasteiger partial charge in [-0.1, -0.05) is 59.9 Å². The molecule has 4 aromatic rings. The van der Waals surface area contributed by atoms with E-state index < -0.39 is 0 Å². The van der Waals surface area contributed by atoms with Gasteiger partial charge in [-0.15, -0.1) is 0 Å². The van der Waals surface area contributed by atoms with Gasteiger partial charge in [0.1, 0.15) is 16.3 Å². The third kappa shape index (κ3) is 3.16. The smallest absolute Gasteiger partial charge is 0.226 e. The number of thiazole rings is 1. The summed E-state index contributed by atoms with van der Waals surface area (Å²) in [6, 6.07) is 17.8. The molecule has 130 valence electrons. The minimum absolute atomic E-state index is 0.371. The largest absolute Gasteiger partial charge is 0.496 e. The van der Waals surface area contributed by atoms with Crippen molar-refractivity contribution >= 4 is 33.5 Å². The van der Waals surface area contributed by atoms with E-state index in [1.165, 1.54) is 11.3 Å². The van der Waals surface area contributed by atoms with Crippen molar-refractivity contribution in [2.45, 2.75) is 6.54 Å². The zero-order valence-electron chi connectivity index (χ0n) is 14.1. The Bertz CT molecular complexity index is 1050. The van der Waals surface area contributed by atoms with E-state index in [-0.39, 0.29) is 0 Å². The van der Waals surface area contributed by atoms with Crippen LogP contribution in [0.4, 0.5) is 11.8 Å². The first-order valence-electron chi connectivity index (χ1n) is 8.10. The highest BCUT2D eigenvalue weighted by molar-refractivity contribution is 7.21. The quantitative estimate of drug-likeness (QED) is 0.558. The number of fused-ring (bicyclic) bond motifs is 1. The molecule has 7 heteroatoms. The van der Waals surface area contributed by atoms with Crippen molar-refractivity contribution in [3.8, 4) is 16.3 Å². The maximum atomic E-state index is 6.10. The molecule has 0 radical (unpaired) electrons. The summed E-state index contributed by atoms with van der Waals surface area (Å²) in [6.45, 7) is 0.541. The number of para-hydroxylation sites is 1. The van der Waals surface area contributed by atoms with E-state index in [0.717, 1.165) is 26.7 Å². The van der Waals surface area contributed by atoms with Gasteiger partial charge in [-0.25, -0.2) is 9.97 Å². The van der Waals surface area contributed by atoms with Crippen LogP contribution in [0.5, 0.6) is 5.75 Å². The fraction of sp³-hybridized carbons (Fsp3) is 0.105. The second kappa shape index (κ2) is 6.97. The molecule has 3 N–H and O–H groups in total. The topological polar surface area (TPSA) is 86.0 Å². The van der Waals surface area contributed by atoms with Crippen LogP contribution in [0.25, 0.3) is 20.9 Å². The van der Waals surface area contributed by atoms with Gasteiger partial charge in [-0.05, 0) is 6.07 Å². The first kappa shape index (κ1) is 16.3. The Labute approximate surface area is 154 Å². The predicted octanol–water partition coefficient (Wildman–Crippen LogP) is 3.96. The third-order valence-corrected chi connectivity index (χ3v) is 4.93. The number of nitrogens with two attached hydrogens (primary N) is 1. The standard InChI is InChI=1S/C19H17N5OS/c1-25-14-10-6-5-9-13(14)11-21-19-23-16(20)15-18(24-19)26-17(22-15)12-7-3-2-4-8-12/h2-10H,11H2,1H3,(H3,20,21,23,24). The molecule has 0 unspecified atom stereocenters. The van der Waals surface area contributed by atoms with Gasteiger partial charge in [0.05, 0.1) is 7.11 Å². The summed E-state index contributed by atoms with van der Waals surface area (Å²) in [6.07, 6.45) is 0. The Balaban J connectivity index is 1.62. The number of benzene rings is 2. The molecule has 0 fully saturated rings. The third-order valence-electron chi connectivity index (χ3n) is 3.94. The van der Waals surface area contributed by atoms with Gasteiger partial charge in [0, 0.05) is 17.7 Å². The van der Waals surface area contributed by atoms with E-state index in [0.29, 0.717) is 23.8 Å². The van der Waals surface area contributed by atoms with Crippen molar-refractivity contribution < 1.29 is 4.74 Å². The Kier molecular flexibility index (Phi) is 4.37. The molecular formula is C19H17N5OS. The number of hydrogen-bond acceptors (Lipinski definition) is 7. The summed E-state index contributed by atoms with van der Waals surface area (Å²) in [5, 5.41) is 4.09. The molecule has 4 rings (SSSR count). The average molecular weight is 363 g/mol. The number of ether oxygens (including phenoxy) is 1. The highest BCUT2D eigenvalue weighted by atomic mass is 32.1. The lowest BCUT2D eigenvalue weighted by Crippen LogP contribution is -2.06. The molecule has 2 heterocycles. The number of methoxy groups -OCH3 is 1. The molecule has 2 aromatic carbocycles.